The molecule has 1 fully saturated rings. The van der Waals surface area contributed by atoms with Gasteiger partial charge in [0, 0.05) is 5.92 Å². The van der Waals surface area contributed by atoms with Crippen molar-refractivity contribution in [3.63, 3.8) is 0 Å². The first kappa shape index (κ1) is 18.0. The van der Waals surface area contributed by atoms with Gasteiger partial charge in [-0.1, -0.05) is 26.0 Å². The first-order valence-corrected chi connectivity index (χ1v) is 10.1. The van der Waals surface area contributed by atoms with Crippen LogP contribution in [0.2, 0.25) is 0 Å². The van der Waals surface area contributed by atoms with E-state index in [0.717, 1.165) is 22.8 Å². The van der Waals surface area contributed by atoms with Crippen molar-refractivity contribution in [2.75, 3.05) is 18.6 Å². The quantitative estimate of drug-likeness (QED) is 0.770. The predicted octanol–water partition coefficient (Wildman–Crippen LogP) is 3.34. The van der Waals surface area contributed by atoms with Gasteiger partial charge in [-0.15, -0.1) is 23.5 Å². The number of methoxy groups -OCH3 is 1. The largest absolute Gasteiger partial charge is 0.497 e. The van der Waals surface area contributed by atoms with Crippen LogP contribution in [0.15, 0.2) is 29.3 Å². The maximum absolute atomic E-state index is 10.2. The number of amidine groups is 1. The second-order valence-electron chi connectivity index (χ2n) is 5.99. The molecule has 0 amide bonds. The van der Waals surface area contributed by atoms with Crippen molar-refractivity contribution in [1.29, 1.82) is 10.5 Å². The Bertz CT molecular complexity index is 789. The molecule has 0 unspecified atom stereocenters. The number of thioether (sulfide) groups is 2. The van der Waals surface area contributed by atoms with E-state index in [1.807, 2.05) is 38.1 Å². The van der Waals surface area contributed by atoms with Crippen LogP contribution in [0.3, 0.4) is 0 Å². The molecule has 7 heteroatoms. The number of hydrogen-bond acceptors (Lipinski definition) is 7. The third-order valence-corrected chi connectivity index (χ3v) is 7.95. The van der Waals surface area contributed by atoms with Crippen molar-refractivity contribution < 1.29 is 4.74 Å². The number of nitrogens with two attached hydrogens (primary N) is 1. The summed E-state index contributed by atoms with van der Waals surface area (Å²) in [6.45, 7) is 4.08. The molecule has 3 atom stereocenters. The molecule has 130 valence electrons. The highest BCUT2D eigenvalue weighted by molar-refractivity contribution is 8.18. The summed E-state index contributed by atoms with van der Waals surface area (Å²) in [5.41, 5.74) is 5.20. The molecule has 3 rings (SSSR count). The molecule has 0 radical (unpaired) electrons. The number of aliphatic imine (C=N–C) groups is 1. The molecule has 0 aromatic heterocycles. The molecule has 2 N–H and O–H groups in total. The molecule has 5 nitrogen and oxygen atoms in total. The van der Waals surface area contributed by atoms with E-state index in [1.165, 1.54) is 0 Å². The van der Waals surface area contributed by atoms with Crippen LogP contribution in [0.1, 0.15) is 25.3 Å². The molecule has 1 aromatic carbocycles. The van der Waals surface area contributed by atoms with Gasteiger partial charge >= 0.3 is 0 Å². The maximum atomic E-state index is 10.2. The first-order chi connectivity index (χ1) is 12.0. The first-order valence-electron chi connectivity index (χ1n) is 8.13. The minimum Gasteiger partial charge on any atom is -0.497 e. The number of ether oxygens (including phenoxy) is 1. The lowest BCUT2D eigenvalue weighted by molar-refractivity contribution is 0.414. The Balaban J connectivity index is 2.17. The van der Waals surface area contributed by atoms with Gasteiger partial charge in [-0.3, -0.25) is 0 Å². The summed E-state index contributed by atoms with van der Waals surface area (Å²) >= 11 is 3.21. The SMILES string of the molecule is CCSC1(SCC)N=C(N)[C@]2(C#N)[C@@H](c3ccc(OC)cc3)[C@@]12C#N. The van der Waals surface area contributed by atoms with Crippen molar-refractivity contribution in [1.82, 2.24) is 0 Å². The zero-order valence-electron chi connectivity index (χ0n) is 14.4. The zero-order chi connectivity index (χ0) is 18.3. The van der Waals surface area contributed by atoms with Gasteiger partial charge in [-0.05, 0) is 29.2 Å². The summed E-state index contributed by atoms with van der Waals surface area (Å²) in [7, 11) is 1.61. The Morgan fingerprint density at radius 3 is 2.20 bits per heavy atom. The number of hydrogen-bond donors (Lipinski definition) is 1. The predicted molar refractivity (Wildman–Crippen MR) is 102 cm³/mol. The van der Waals surface area contributed by atoms with Crippen LogP contribution in [-0.4, -0.2) is 28.7 Å². The molecule has 0 spiro atoms. The number of fused-ring (bicyclic) bond motifs is 1. The molecule has 1 saturated carbocycles. The van der Waals surface area contributed by atoms with E-state index in [4.69, 9.17) is 10.5 Å². The lowest BCUT2D eigenvalue weighted by Gasteiger charge is -2.31. The minimum atomic E-state index is -1.05. The second-order valence-corrected chi connectivity index (χ2v) is 9.16. The molecule has 0 bridgehead atoms. The van der Waals surface area contributed by atoms with Crippen LogP contribution >= 0.6 is 23.5 Å². The van der Waals surface area contributed by atoms with E-state index >= 15 is 0 Å². The van der Waals surface area contributed by atoms with Gasteiger partial charge in [0.15, 0.2) is 4.20 Å². The molecule has 0 saturated heterocycles. The van der Waals surface area contributed by atoms with Gasteiger partial charge in [0.2, 0.25) is 0 Å². The summed E-state index contributed by atoms with van der Waals surface area (Å²) in [4.78, 5) is 4.68. The summed E-state index contributed by atoms with van der Waals surface area (Å²) in [6, 6.07) is 12.4. The number of nitriles is 2. The summed E-state index contributed by atoms with van der Waals surface area (Å²) in [5, 5.41) is 20.3. The van der Waals surface area contributed by atoms with E-state index in [2.05, 4.69) is 17.1 Å². The smallest absolute Gasteiger partial charge is 0.175 e. The highest BCUT2D eigenvalue weighted by atomic mass is 32.2. The fourth-order valence-electron chi connectivity index (χ4n) is 4.05. The molecular formula is C18H20N4OS2. The van der Waals surface area contributed by atoms with Crippen molar-refractivity contribution in [3.8, 4) is 17.9 Å². The topological polar surface area (TPSA) is 95.2 Å². The Hall–Kier alpha value is -1.83. The Kier molecular flexibility index (Phi) is 4.43. The van der Waals surface area contributed by atoms with Crippen molar-refractivity contribution in [2.24, 2.45) is 21.6 Å². The molecule has 2 aliphatic rings. The van der Waals surface area contributed by atoms with E-state index < -0.39 is 15.0 Å². The highest BCUT2D eigenvalue weighted by Gasteiger charge is 2.91. The molecule has 1 aliphatic heterocycles. The zero-order valence-corrected chi connectivity index (χ0v) is 16.1. The second kappa shape index (κ2) is 6.16. The van der Waals surface area contributed by atoms with Gasteiger partial charge in [0.05, 0.1) is 19.2 Å². The highest BCUT2D eigenvalue weighted by Crippen LogP contribution is 2.85. The average Bonchev–Trinajstić information content (AvgIpc) is 3.21. The summed E-state index contributed by atoms with van der Waals surface area (Å²) in [6.07, 6.45) is 0. The molecular weight excluding hydrogens is 352 g/mol. The molecule has 25 heavy (non-hydrogen) atoms. The fraction of sp³-hybridized carbons (Fsp3) is 0.500. The van der Waals surface area contributed by atoms with Gasteiger partial charge in [-0.25, -0.2) is 4.99 Å². The molecule has 1 aromatic rings. The van der Waals surface area contributed by atoms with Gasteiger partial charge in [0.1, 0.15) is 22.4 Å². The summed E-state index contributed by atoms with van der Waals surface area (Å²) < 4.78 is 4.48. The Morgan fingerprint density at radius 2 is 1.76 bits per heavy atom. The maximum Gasteiger partial charge on any atom is 0.175 e. The standard InChI is InChI=1S/C18H20N4OS2/c1-4-24-18(25-5-2)17(11-20)14(16(17,10-19)15(21)22-18)12-6-8-13(23-3)9-7-12/h6-9,14H,4-5H2,1-3H3,(H2,21,22)/t14-,16+,17-/m1/s1. The monoisotopic (exact) mass is 372 g/mol. The van der Waals surface area contributed by atoms with Crippen LogP contribution in [0, 0.1) is 33.5 Å². The van der Waals surface area contributed by atoms with E-state index in [0.29, 0.717) is 5.84 Å². The lowest BCUT2D eigenvalue weighted by atomic mass is 9.97. The number of nitrogens with zero attached hydrogens (tertiary/aromatic N) is 3. The molecule has 1 aliphatic carbocycles. The van der Waals surface area contributed by atoms with Crippen molar-refractivity contribution >= 4 is 29.4 Å². The van der Waals surface area contributed by atoms with E-state index in [-0.39, 0.29) is 5.92 Å². The Labute approximate surface area is 156 Å². The van der Waals surface area contributed by atoms with Crippen molar-refractivity contribution in [2.45, 2.75) is 24.0 Å². The van der Waals surface area contributed by atoms with Gasteiger partial charge in [0.25, 0.3) is 0 Å². The van der Waals surface area contributed by atoms with E-state index in [9.17, 15) is 10.5 Å². The van der Waals surface area contributed by atoms with Crippen LogP contribution in [0.4, 0.5) is 0 Å². The van der Waals surface area contributed by atoms with Crippen molar-refractivity contribution in [3.05, 3.63) is 29.8 Å². The van der Waals surface area contributed by atoms with Gasteiger partial charge < -0.3 is 10.5 Å². The van der Waals surface area contributed by atoms with E-state index in [1.54, 1.807) is 30.6 Å². The van der Waals surface area contributed by atoms with Crippen LogP contribution in [0.25, 0.3) is 0 Å². The lowest BCUT2D eigenvalue weighted by Crippen LogP contribution is -2.31. The van der Waals surface area contributed by atoms with Crippen LogP contribution in [-0.2, 0) is 0 Å². The van der Waals surface area contributed by atoms with Crippen LogP contribution < -0.4 is 10.5 Å². The molecule has 1 heterocycles. The number of benzene rings is 1. The number of rotatable bonds is 6. The fourth-order valence-corrected chi connectivity index (χ4v) is 7.30. The average molecular weight is 373 g/mol. The normalized spacial score (nSPS) is 31.4. The van der Waals surface area contributed by atoms with Crippen LogP contribution in [0.5, 0.6) is 5.75 Å². The van der Waals surface area contributed by atoms with Gasteiger partial charge in [-0.2, -0.15) is 10.5 Å². The minimum absolute atomic E-state index is 0.281. The third kappa shape index (κ3) is 2.00. The summed E-state index contributed by atoms with van der Waals surface area (Å²) in [5.74, 6) is 2.34. The third-order valence-electron chi connectivity index (χ3n) is 5.06. The Morgan fingerprint density at radius 1 is 1.16 bits per heavy atom.